The predicted molar refractivity (Wildman–Crippen MR) is 103 cm³/mol. The van der Waals surface area contributed by atoms with E-state index in [2.05, 4.69) is 0 Å². The van der Waals surface area contributed by atoms with Gasteiger partial charge < -0.3 is 13.9 Å². The van der Waals surface area contributed by atoms with Gasteiger partial charge in [0.15, 0.2) is 5.41 Å². The maximum Gasteiger partial charge on any atom is 0.323 e. The van der Waals surface area contributed by atoms with Crippen LogP contribution in [0.15, 0.2) is 46.9 Å². The van der Waals surface area contributed by atoms with Gasteiger partial charge in [-0.15, -0.1) is 0 Å². The summed E-state index contributed by atoms with van der Waals surface area (Å²) >= 11 is 0. The monoisotopic (exact) mass is 382 g/mol. The Morgan fingerprint density at radius 3 is 2.36 bits per heavy atom. The van der Waals surface area contributed by atoms with Crippen LogP contribution in [0.4, 0.5) is 0 Å². The minimum absolute atomic E-state index is 0.245. The van der Waals surface area contributed by atoms with E-state index in [9.17, 15) is 9.59 Å². The van der Waals surface area contributed by atoms with Gasteiger partial charge in [0.2, 0.25) is 0 Å². The first-order valence-electron chi connectivity index (χ1n) is 10.1. The normalized spacial score (nSPS) is 24.9. The Labute approximate surface area is 165 Å². The van der Waals surface area contributed by atoms with E-state index >= 15 is 0 Å². The summed E-state index contributed by atoms with van der Waals surface area (Å²) in [6, 6.07) is 13.9. The molecule has 2 saturated carbocycles. The van der Waals surface area contributed by atoms with Gasteiger partial charge in [0.05, 0.1) is 13.2 Å². The molecule has 2 aliphatic rings. The molecule has 28 heavy (non-hydrogen) atoms. The summed E-state index contributed by atoms with van der Waals surface area (Å²) in [5, 5.41) is 0. The number of hydrogen-bond donors (Lipinski definition) is 0. The van der Waals surface area contributed by atoms with Gasteiger partial charge in [-0.1, -0.05) is 30.3 Å². The number of carbonyl (C=O) groups is 2. The molecule has 0 bridgehead atoms. The zero-order chi connectivity index (χ0) is 19.8. The topological polar surface area (TPSA) is 65.7 Å². The van der Waals surface area contributed by atoms with Crippen LogP contribution in [-0.4, -0.2) is 25.2 Å². The number of esters is 2. The number of carbonyl (C=O) groups excluding carboxylic acids is 2. The van der Waals surface area contributed by atoms with E-state index in [0.717, 1.165) is 29.9 Å². The highest BCUT2D eigenvalue weighted by atomic mass is 16.6. The molecule has 2 aliphatic carbocycles. The number of furan rings is 1. The summed E-state index contributed by atoms with van der Waals surface area (Å²) in [7, 11) is 0. The minimum Gasteiger partial charge on any atom is -0.465 e. The van der Waals surface area contributed by atoms with Crippen molar-refractivity contribution in [3.8, 4) is 11.3 Å². The lowest BCUT2D eigenvalue weighted by molar-refractivity contribution is -0.175. The van der Waals surface area contributed by atoms with E-state index in [-0.39, 0.29) is 18.6 Å². The van der Waals surface area contributed by atoms with Gasteiger partial charge in [-0.05, 0) is 57.6 Å². The van der Waals surface area contributed by atoms with E-state index in [1.54, 1.807) is 13.8 Å². The van der Waals surface area contributed by atoms with Crippen LogP contribution in [0.25, 0.3) is 11.3 Å². The van der Waals surface area contributed by atoms with Crippen molar-refractivity contribution in [3.05, 3.63) is 48.2 Å². The molecule has 5 heteroatoms. The highest BCUT2D eigenvalue weighted by molar-refractivity contribution is 6.00. The molecule has 0 N–H and O–H groups in total. The van der Waals surface area contributed by atoms with Crippen LogP contribution >= 0.6 is 0 Å². The minimum atomic E-state index is -1.24. The maximum absolute atomic E-state index is 12.8. The van der Waals surface area contributed by atoms with Crippen LogP contribution in [0, 0.1) is 11.3 Å². The third kappa shape index (κ3) is 2.93. The number of fused-ring (bicyclic) bond motifs is 1. The quantitative estimate of drug-likeness (QED) is 0.544. The molecule has 2 atom stereocenters. The highest BCUT2D eigenvalue weighted by Gasteiger charge is 2.68. The third-order valence-corrected chi connectivity index (χ3v) is 6.26. The number of hydrogen-bond acceptors (Lipinski definition) is 5. The lowest BCUT2D eigenvalue weighted by Crippen LogP contribution is -2.47. The number of rotatable bonds is 6. The summed E-state index contributed by atoms with van der Waals surface area (Å²) in [6.07, 6.45) is 2.59. The lowest BCUT2D eigenvalue weighted by atomic mass is 9.68. The van der Waals surface area contributed by atoms with Crippen molar-refractivity contribution in [2.24, 2.45) is 11.3 Å². The van der Waals surface area contributed by atoms with Crippen LogP contribution in [0.3, 0.4) is 0 Å². The van der Waals surface area contributed by atoms with Gasteiger partial charge in [-0.3, -0.25) is 9.59 Å². The Morgan fingerprint density at radius 2 is 1.71 bits per heavy atom. The zero-order valence-corrected chi connectivity index (χ0v) is 16.4. The average molecular weight is 382 g/mol. The molecule has 0 amide bonds. The van der Waals surface area contributed by atoms with Gasteiger partial charge in [0.1, 0.15) is 11.5 Å². The van der Waals surface area contributed by atoms with E-state index < -0.39 is 17.4 Å². The second-order valence-electron chi connectivity index (χ2n) is 7.83. The fraction of sp³-hybridized carbons (Fsp3) is 0.478. The molecule has 2 fully saturated rings. The largest absolute Gasteiger partial charge is 0.465 e. The molecule has 2 aromatic rings. The molecular formula is C23H26O5. The van der Waals surface area contributed by atoms with Crippen LogP contribution in [0.5, 0.6) is 0 Å². The molecule has 0 saturated heterocycles. The first-order chi connectivity index (χ1) is 13.6. The molecule has 5 nitrogen and oxygen atoms in total. The molecule has 0 spiro atoms. The highest BCUT2D eigenvalue weighted by Crippen LogP contribution is 2.67. The Kier molecular flexibility index (Phi) is 4.77. The summed E-state index contributed by atoms with van der Waals surface area (Å²) in [5.41, 5.74) is -0.510. The van der Waals surface area contributed by atoms with E-state index in [1.165, 1.54) is 0 Å². The smallest absolute Gasteiger partial charge is 0.323 e. The predicted octanol–water partition coefficient (Wildman–Crippen LogP) is 4.50. The van der Waals surface area contributed by atoms with Gasteiger partial charge in [0, 0.05) is 11.0 Å². The third-order valence-electron chi connectivity index (χ3n) is 6.26. The van der Waals surface area contributed by atoms with Crippen LogP contribution in [0.1, 0.15) is 45.3 Å². The Balaban J connectivity index is 1.66. The molecule has 1 aromatic heterocycles. The van der Waals surface area contributed by atoms with Gasteiger partial charge in [-0.2, -0.15) is 0 Å². The van der Waals surface area contributed by atoms with Gasteiger partial charge in [0.25, 0.3) is 0 Å². The second kappa shape index (κ2) is 7.12. The fourth-order valence-electron chi connectivity index (χ4n) is 4.75. The van der Waals surface area contributed by atoms with Crippen LogP contribution in [-0.2, 0) is 24.5 Å². The average Bonchev–Trinajstić information content (AvgIpc) is 3.23. The van der Waals surface area contributed by atoms with Crippen molar-refractivity contribution in [1.82, 2.24) is 0 Å². The van der Waals surface area contributed by atoms with E-state index in [1.807, 2.05) is 42.5 Å². The summed E-state index contributed by atoms with van der Waals surface area (Å²) in [4.78, 5) is 25.7. The van der Waals surface area contributed by atoms with E-state index in [4.69, 9.17) is 13.9 Å². The first kappa shape index (κ1) is 18.8. The molecule has 148 valence electrons. The maximum atomic E-state index is 12.8. The molecule has 4 rings (SSSR count). The van der Waals surface area contributed by atoms with Crippen molar-refractivity contribution in [1.29, 1.82) is 0 Å². The van der Waals surface area contributed by atoms with Crippen LogP contribution in [0.2, 0.25) is 0 Å². The summed E-state index contributed by atoms with van der Waals surface area (Å²) < 4.78 is 16.8. The Bertz CT molecular complexity index is 850. The van der Waals surface area contributed by atoms with Crippen molar-refractivity contribution in [2.45, 2.75) is 44.9 Å². The lowest BCUT2D eigenvalue weighted by Gasteiger charge is -2.36. The first-order valence-corrected chi connectivity index (χ1v) is 10.1. The standard InChI is InChI=1S/C23H26O5/c1-3-26-20(24)22(21(25)27-4-2)13-12-17-14-23(17,15-22)19-11-10-18(28-19)16-8-6-5-7-9-16/h5-11,17H,3-4,12-15H2,1-2H3. The van der Waals surface area contributed by atoms with Crippen molar-refractivity contribution < 1.29 is 23.5 Å². The Morgan fingerprint density at radius 1 is 1.04 bits per heavy atom. The molecule has 0 aliphatic heterocycles. The molecular weight excluding hydrogens is 356 g/mol. The number of ether oxygens (including phenoxy) is 2. The fourth-order valence-corrected chi connectivity index (χ4v) is 4.75. The molecule has 2 unspecified atom stereocenters. The number of benzene rings is 1. The second-order valence-corrected chi connectivity index (χ2v) is 7.83. The molecule has 1 aromatic carbocycles. The summed E-state index contributed by atoms with van der Waals surface area (Å²) in [6.45, 7) is 4.01. The SMILES string of the molecule is CCOC(=O)C1(C(=O)OCC)CCC2CC2(c2ccc(-c3ccccc3)o2)C1. The summed E-state index contributed by atoms with van der Waals surface area (Å²) in [5.74, 6) is 1.16. The Hall–Kier alpha value is -2.56. The molecule has 1 heterocycles. The van der Waals surface area contributed by atoms with Crippen molar-refractivity contribution in [2.75, 3.05) is 13.2 Å². The van der Waals surface area contributed by atoms with Crippen LogP contribution < -0.4 is 0 Å². The zero-order valence-electron chi connectivity index (χ0n) is 16.4. The van der Waals surface area contributed by atoms with Gasteiger partial charge >= 0.3 is 11.9 Å². The van der Waals surface area contributed by atoms with E-state index in [0.29, 0.717) is 18.8 Å². The molecule has 0 radical (unpaired) electrons. The van der Waals surface area contributed by atoms with Crippen molar-refractivity contribution in [3.63, 3.8) is 0 Å². The van der Waals surface area contributed by atoms with Gasteiger partial charge in [-0.25, -0.2) is 0 Å². The van der Waals surface area contributed by atoms with Crippen molar-refractivity contribution >= 4 is 11.9 Å².